The Morgan fingerprint density at radius 3 is 2.57 bits per heavy atom. The second kappa shape index (κ2) is 7.40. The van der Waals surface area contributed by atoms with Crippen molar-refractivity contribution in [2.75, 3.05) is 7.11 Å². The molecule has 0 aliphatic rings. The predicted octanol–water partition coefficient (Wildman–Crippen LogP) is 4.64. The van der Waals surface area contributed by atoms with Crippen LogP contribution in [0.25, 0.3) is 22.5 Å². The van der Waals surface area contributed by atoms with Gasteiger partial charge in [-0.2, -0.15) is 5.16 Å². The maximum Gasteiger partial charge on any atom is 0.280 e. The van der Waals surface area contributed by atoms with Gasteiger partial charge in [-0.25, -0.2) is 9.37 Å². The SMILES string of the molecule is COc1cc(-c2cccnc2Oc2ccc(F)cc2)ccc1-c1cc(=O)[nH]o1. The van der Waals surface area contributed by atoms with Crippen LogP contribution in [0, 0.1) is 5.82 Å². The van der Waals surface area contributed by atoms with Crippen molar-refractivity contribution in [3.63, 3.8) is 0 Å². The Labute approximate surface area is 159 Å². The van der Waals surface area contributed by atoms with E-state index in [9.17, 15) is 9.18 Å². The summed E-state index contributed by atoms with van der Waals surface area (Å²) in [6.07, 6.45) is 1.61. The van der Waals surface area contributed by atoms with Crippen LogP contribution in [-0.2, 0) is 0 Å². The fraction of sp³-hybridized carbons (Fsp3) is 0.0476. The molecule has 2 aromatic carbocycles. The van der Waals surface area contributed by atoms with Crippen LogP contribution in [0.5, 0.6) is 17.4 Å². The molecule has 0 unspecified atom stereocenters. The largest absolute Gasteiger partial charge is 0.496 e. The Bertz CT molecular complexity index is 1170. The average Bonchev–Trinajstić information content (AvgIpc) is 3.16. The average molecular weight is 378 g/mol. The van der Waals surface area contributed by atoms with Crippen molar-refractivity contribution in [1.29, 1.82) is 0 Å². The minimum absolute atomic E-state index is 0.330. The van der Waals surface area contributed by atoms with Gasteiger partial charge in [0.2, 0.25) is 5.88 Å². The number of aromatic amines is 1. The zero-order chi connectivity index (χ0) is 19.5. The lowest BCUT2D eigenvalue weighted by Crippen LogP contribution is -1.94. The lowest BCUT2D eigenvalue weighted by atomic mass is 10.0. The highest BCUT2D eigenvalue weighted by Crippen LogP contribution is 2.37. The first-order valence-electron chi connectivity index (χ1n) is 8.40. The Balaban J connectivity index is 1.73. The minimum atomic E-state index is -0.342. The van der Waals surface area contributed by atoms with Gasteiger partial charge in [-0.3, -0.25) is 4.79 Å². The summed E-state index contributed by atoms with van der Waals surface area (Å²) >= 11 is 0. The third-order valence-corrected chi connectivity index (χ3v) is 4.10. The molecule has 0 atom stereocenters. The van der Waals surface area contributed by atoms with Gasteiger partial charge in [-0.1, -0.05) is 6.07 Å². The van der Waals surface area contributed by atoms with Crippen LogP contribution in [0.4, 0.5) is 4.39 Å². The molecule has 0 amide bonds. The number of rotatable bonds is 5. The zero-order valence-electron chi connectivity index (χ0n) is 14.8. The Morgan fingerprint density at radius 2 is 1.86 bits per heavy atom. The topological polar surface area (TPSA) is 77.4 Å². The predicted molar refractivity (Wildman–Crippen MR) is 101 cm³/mol. The van der Waals surface area contributed by atoms with Crippen LogP contribution in [0.3, 0.4) is 0 Å². The second-order valence-electron chi connectivity index (χ2n) is 5.90. The third kappa shape index (κ3) is 3.50. The molecule has 4 aromatic rings. The van der Waals surface area contributed by atoms with E-state index >= 15 is 0 Å². The Hall–Kier alpha value is -3.87. The molecule has 0 bridgehead atoms. The van der Waals surface area contributed by atoms with E-state index in [2.05, 4.69) is 10.1 Å². The summed E-state index contributed by atoms with van der Waals surface area (Å²) in [5.41, 5.74) is 1.83. The normalized spacial score (nSPS) is 10.6. The fourth-order valence-electron chi connectivity index (χ4n) is 2.78. The Kier molecular flexibility index (Phi) is 4.63. The first-order chi connectivity index (χ1) is 13.6. The lowest BCUT2D eigenvalue weighted by Gasteiger charge is -2.12. The molecule has 0 saturated heterocycles. The monoisotopic (exact) mass is 378 g/mol. The van der Waals surface area contributed by atoms with Crippen molar-refractivity contribution in [2.24, 2.45) is 0 Å². The molecule has 1 N–H and O–H groups in total. The fourth-order valence-corrected chi connectivity index (χ4v) is 2.78. The van der Waals surface area contributed by atoms with Crippen LogP contribution in [0.2, 0.25) is 0 Å². The number of pyridine rings is 1. The highest BCUT2D eigenvalue weighted by molar-refractivity contribution is 5.76. The summed E-state index contributed by atoms with van der Waals surface area (Å²) in [5.74, 6) is 1.40. The highest BCUT2D eigenvalue weighted by atomic mass is 19.1. The smallest absolute Gasteiger partial charge is 0.280 e. The van der Waals surface area contributed by atoms with E-state index in [1.807, 2.05) is 12.1 Å². The summed E-state index contributed by atoms with van der Waals surface area (Å²) in [6.45, 7) is 0. The number of nitrogens with zero attached hydrogens (tertiary/aromatic N) is 1. The molecule has 2 aromatic heterocycles. The van der Waals surface area contributed by atoms with Gasteiger partial charge in [-0.15, -0.1) is 0 Å². The number of hydrogen-bond donors (Lipinski definition) is 1. The van der Waals surface area contributed by atoms with Crippen molar-refractivity contribution in [3.05, 3.63) is 83.0 Å². The van der Waals surface area contributed by atoms with Crippen LogP contribution in [0.1, 0.15) is 0 Å². The van der Waals surface area contributed by atoms with Gasteiger partial charge in [0, 0.05) is 11.8 Å². The molecule has 4 rings (SSSR count). The molecule has 2 heterocycles. The van der Waals surface area contributed by atoms with Gasteiger partial charge in [0.05, 0.1) is 18.7 Å². The summed E-state index contributed by atoms with van der Waals surface area (Å²) in [7, 11) is 1.53. The molecule has 0 saturated carbocycles. The molecule has 28 heavy (non-hydrogen) atoms. The summed E-state index contributed by atoms with van der Waals surface area (Å²) in [6, 6.07) is 16.1. The summed E-state index contributed by atoms with van der Waals surface area (Å²) < 4.78 is 29.6. The summed E-state index contributed by atoms with van der Waals surface area (Å²) in [4.78, 5) is 15.6. The molecule has 0 spiro atoms. The van der Waals surface area contributed by atoms with Crippen LogP contribution < -0.4 is 15.0 Å². The number of halogens is 1. The van der Waals surface area contributed by atoms with E-state index in [0.29, 0.717) is 28.7 Å². The van der Waals surface area contributed by atoms with E-state index in [0.717, 1.165) is 11.1 Å². The molecule has 7 heteroatoms. The van der Waals surface area contributed by atoms with Gasteiger partial charge in [0.15, 0.2) is 5.76 Å². The quantitative estimate of drug-likeness (QED) is 0.548. The number of hydrogen-bond acceptors (Lipinski definition) is 5. The molecule has 0 radical (unpaired) electrons. The van der Waals surface area contributed by atoms with Crippen molar-refractivity contribution in [3.8, 4) is 39.8 Å². The number of nitrogens with one attached hydrogen (secondary N) is 1. The van der Waals surface area contributed by atoms with Gasteiger partial charge in [-0.05, 0) is 54.1 Å². The number of H-pyrrole nitrogens is 1. The molecular formula is C21H15FN2O4. The van der Waals surface area contributed by atoms with E-state index in [4.69, 9.17) is 14.0 Å². The first kappa shape index (κ1) is 17.5. The second-order valence-corrected chi connectivity index (χ2v) is 5.90. The van der Waals surface area contributed by atoms with E-state index in [-0.39, 0.29) is 11.4 Å². The number of methoxy groups -OCH3 is 1. The Morgan fingerprint density at radius 1 is 1.04 bits per heavy atom. The van der Waals surface area contributed by atoms with Crippen LogP contribution in [-0.4, -0.2) is 17.3 Å². The van der Waals surface area contributed by atoms with E-state index < -0.39 is 0 Å². The van der Waals surface area contributed by atoms with Gasteiger partial charge < -0.3 is 14.0 Å². The summed E-state index contributed by atoms with van der Waals surface area (Å²) in [5, 5.41) is 2.26. The van der Waals surface area contributed by atoms with Crippen LogP contribution >= 0.6 is 0 Å². The van der Waals surface area contributed by atoms with E-state index in [1.165, 1.54) is 37.4 Å². The van der Waals surface area contributed by atoms with Crippen molar-refractivity contribution >= 4 is 0 Å². The highest BCUT2D eigenvalue weighted by Gasteiger charge is 2.15. The minimum Gasteiger partial charge on any atom is -0.496 e. The maximum atomic E-state index is 13.1. The molecular weight excluding hydrogens is 363 g/mol. The molecule has 0 aliphatic carbocycles. The molecule has 0 aliphatic heterocycles. The number of aromatic nitrogens is 2. The zero-order valence-corrected chi connectivity index (χ0v) is 14.8. The van der Waals surface area contributed by atoms with Crippen molar-refractivity contribution in [2.45, 2.75) is 0 Å². The molecule has 0 fully saturated rings. The van der Waals surface area contributed by atoms with Crippen LogP contribution in [0.15, 0.2) is 76.2 Å². The number of ether oxygens (including phenoxy) is 2. The van der Waals surface area contributed by atoms with Gasteiger partial charge in [0.25, 0.3) is 5.56 Å². The van der Waals surface area contributed by atoms with Gasteiger partial charge in [0.1, 0.15) is 17.3 Å². The standard InChI is InChI=1S/C21H15FN2O4/c1-26-18-11-13(4-9-17(18)19-12-20(25)24-28-19)16-3-2-10-23-21(16)27-15-7-5-14(22)6-8-15/h2-12H,1H3,(H,24,25). The lowest BCUT2D eigenvalue weighted by molar-refractivity contribution is 0.404. The van der Waals surface area contributed by atoms with E-state index in [1.54, 1.807) is 24.4 Å². The van der Waals surface area contributed by atoms with Gasteiger partial charge >= 0.3 is 0 Å². The maximum absolute atomic E-state index is 13.1. The number of benzene rings is 2. The van der Waals surface area contributed by atoms with Crippen molar-refractivity contribution < 1.29 is 18.4 Å². The van der Waals surface area contributed by atoms with Crippen molar-refractivity contribution in [1.82, 2.24) is 10.1 Å². The molecule has 6 nitrogen and oxygen atoms in total. The first-order valence-corrected chi connectivity index (χ1v) is 8.40. The third-order valence-electron chi connectivity index (χ3n) is 4.10. The molecule has 140 valence electrons.